The van der Waals surface area contributed by atoms with E-state index in [1.165, 1.54) is 29.9 Å². The number of amides is 1. The van der Waals surface area contributed by atoms with Crippen molar-refractivity contribution in [3.63, 3.8) is 0 Å². The fourth-order valence-corrected chi connectivity index (χ4v) is 3.23. The molecule has 21 heavy (non-hydrogen) atoms. The van der Waals surface area contributed by atoms with Gasteiger partial charge in [-0.3, -0.25) is 4.79 Å². The van der Waals surface area contributed by atoms with Crippen LogP contribution in [0.15, 0.2) is 35.7 Å². The average molecular weight is 304 g/mol. The number of carbonyl (C=O) groups is 1. The normalized spacial score (nSPS) is 15.0. The molecule has 1 aliphatic rings. The summed E-state index contributed by atoms with van der Waals surface area (Å²) >= 11 is 1.38. The number of nitrogens with zero attached hydrogens (tertiary/aromatic N) is 1. The van der Waals surface area contributed by atoms with Crippen molar-refractivity contribution in [3.05, 3.63) is 46.4 Å². The number of thiophene rings is 1. The predicted molar refractivity (Wildman–Crippen MR) is 84.7 cm³/mol. The Morgan fingerprint density at radius 2 is 2.00 bits per heavy atom. The number of anilines is 2. The van der Waals surface area contributed by atoms with Crippen molar-refractivity contribution in [2.45, 2.75) is 19.3 Å². The summed E-state index contributed by atoms with van der Waals surface area (Å²) in [5.41, 5.74) is 1.45. The molecule has 1 aromatic heterocycles. The second-order valence-corrected chi connectivity index (χ2v) is 6.09. The Labute approximate surface area is 127 Å². The van der Waals surface area contributed by atoms with Crippen LogP contribution in [0.25, 0.3) is 0 Å². The van der Waals surface area contributed by atoms with Gasteiger partial charge in [0.25, 0.3) is 5.91 Å². The second kappa shape index (κ2) is 6.26. The van der Waals surface area contributed by atoms with Crippen LogP contribution in [-0.2, 0) is 0 Å². The van der Waals surface area contributed by atoms with Gasteiger partial charge in [0.15, 0.2) is 0 Å². The first kappa shape index (κ1) is 14.1. The standard InChI is InChI=1S/C16H17FN2OS/c17-12-6-7-14(19-8-2-1-3-9-19)13(11-12)18-16(20)15-5-4-10-21-15/h4-7,10-11H,1-3,8-9H2,(H,18,20). The first-order valence-electron chi connectivity index (χ1n) is 7.13. The Balaban J connectivity index is 1.85. The number of hydrogen-bond donors (Lipinski definition) is 1. The molecule has 1 aliphatic heterocycles. The van der Waals surface area contributed by atoms with Crippen molar-refractivity contribution in [2.24, 2.45) is 0 Å². The topological polar surface area (TPSA) is 32.3 Å². The molecule has 1 saturated heterocycles. The molecular weight excluding hydrogens is 287 g/mol. The Kier molecular flexibility index (Phi) is 4.20. The highest BCUT2D eigenvalue weighted by Gasteiger charge is 2.17. The quantitative estimate of drug-likeness (QED) is 0.924. The molecule has 1 N–H and O–H groups in total. The van der Waals surface area contributed by atoms with Crippen LogP contribution in [0, 0.1) is 5.82 Å². The van der Waals surface area contributed by atoms with Crippen molar-refractivity contribution < 1.29 is 9.18 Å². The average Bonchev–Trinajstić information content (AvgIpc) is 3.03. The minimum Gasteiger partial charge on any atom is -0.370 e. The molecule has 2 aromatic rings. The fraction of sp³-hybridized carbons (Fsp3) is 0.312. The Bertz CT molecular complexity index is 621. The summed E-state index contributed by atoms with van der Waals surface area (Å²) in [6.07, 6.45) is 3.50. The van der Waals surface area contributed by atoms with E-state index in [-0.39, 0.29) is 11.7 Å². The Morgan fingerprint density at radius 1 is 1.19 bits per heavy atom. The SMILES string of the molecule is O=C(Nc1cc(F)ccc1N1CCCCC1)c1cccs1. The first-order chi connectivity index (χ1) is 10.2. The van der Waals surface area contributed by atoms with Gasteiger partial charge in [0.1, 0.15) is 5.82 Å². The lowest BCUT2D eigenvalue weighted by molar-refractivity contribution is 0.103. The third-order valence-electron chi connectivity index (χ3n) is 3.65. The van der Waals surface area contributed by atoms with Crippen LogP contribution in [0.3, 0.4) is 0 Å². The zero-order valence-corrected chi connectivity index (χ0v) is 12.5. The molecule has 3 rings (SSSR count). The van der Waals surface area contributed by atoms with Crippen molar-refractivity contribution in [2.75, 3.05) is 23.3 Å². The highest BCUT2D eigenvalue weighted by Crippen LogP contribution is 2.30. The summed E-state index contributed by atoms with van der Waals surface area (Å²) in [6.45, 7) is 1.90. The van der Waals surface area contributed by atoms with Gasteiger partial charge in [-0.05, 0) is 48.9 Å². The van der Waals surface area contributed by atoms with Crippen molar-refractivity contribution >= 4 is 28.6 Å². The van der Waals surface area contributed by atoms with E-state index in [0.717, 1.165) is 31.6 Å². The molecule has 2 heterocycles. The molecule has 3 nitrogen and oxygen atoms in total. The minimum atomic E-state index is -0.336. The number of hydrogen-bond acceptors (Lipinski definition) is 3. The molecule has 0 spiro atoms. The van der Waals surface area contributed by atoms with E-state index >= 15 is 0 Å². The van der Waals surface area contributed by atoms with Gasteiger partial charge in [0, 0.05) is 13.1 Å². The molecule has 1 fully saturated rings. The van der Waals surface area contributed by atoms with Gasteiger partial charge in [-0.15, -0.1) is 11.3 Å². The Morgan fingerprint density at radius 3 is 2.71 bits per heavy atom. The van der Waals surface area contributed by atoms with Gasteiger partial charge in [-0.1, -0.05) is 6.07 Å². The highest BCUT2D eigenvalue weighted by molar-refractivity contribution is 7.12. The third-order valence-corrected chi connectivity index (χ3v) is 4.52. The number of carbonyl (C=O) groups excluding carboxylic acids is 1. The van der Waals surface area contributed by atoms with E-state index < -0.39 is 0 Å². The molecule has 5 heteroatoms. The van der Waals surface area contributed by atoms with Crippen LogP contribution in [0.1, 0.15) is 28.9 Å². The number of nitrogens with one attached hydrogen (secondary N) is 1. The molecule has 0 bridgehead atoms. The number of rotatable bonds is 3. The van der Waals surface area contributed by atoms with Gasteiger partial charge in [-0.2, -0.15) is 0 Å². The van der Waals surface area contributed by atoms with Gasteiger partial charge in [0.05, 0.1) is 16.3 Å². The zero-order valence-electron chi connectivity index (χ0n) is 11.6. The molecule has 1 amide bonds. The first-order valence-corrected chi connectivity index (χ1v) is 8.01. The molecule has 0 saturated carbocycles. The maximum absolute atomic E-state index is 13.5. The summed E-state index contributed by atoms with van der Waals surface area (Å²) in [6, 6.07) is 8.20. The molecule has 0 aliphatic carbocycles. The van der Waals surface area contributed by atoms with E-state index in [1.807, 2.05) is 11.4 Å². The summed E-state index contributed by atoms with van der Waals surface area (Å²) < 4.78 is 13.5. The highest BCUT2D eigenvalue weighted by atomic mass is 32.1. The van der Waals surface area contributed by atoms with Crippen LogP contribution in [0.5, 0.6) is 0 Å². The Hall–Kier alpha value is -1.88. The lowest BCUT2D eigenvalue weighted by atomic mass is 10.1. The van der Waals surface area contributed by atoms with Crippen molar-refractivity contribution in [1.82, 2.24) is 0 Å². The lowest BCUT2D eigenvalue weighted by Crippen LogP contribution is -2.30. The number of piperidine rings is 1. The number of halogens is 1. The van der Waals surface area contributed by atoms with Crippen molar-refractivity contribution in [3.8, 4) is 0 Å². The number of benzene rings is 1. The largest absolute Gasteiger partial charge is 0.370 e. The minimum absolute atomic E-state index is 0.186. The lowest BCUT2D eigenvalue weighted by Gasteiger charge is -2.30. The van der Waals surface area contributed by atoms with Crippen LogP contribution in [0.4, 0.5) is 15.8 Å². The van der Waals surface area contributed by atoms with Crippen LogP contribution < -0.4 is 10.2 Å². The van der Waals surface area contributed by atoms with Gasteiger partial charge in [-0.25, -0.2) is 4.39 Å². The summed E-state index contributed by atoms with van der Waals surface area (Å²) in [5.74, 6) is -0.522. The van der Waals surface area contributed by atoms with Crippen molar-refractivity contribution in [1.29, 1.82) is 0 Å². The molecular formula is C16H17FN2OS. The van der Waals surface area contributed by atoms with E-state index in [1.54, 1.807) is 12.1 Å². The molecule has 1 aromatic carbocycles. The smallest absolute Gasteiger partial charge is 0.265 e. The summed E-state index contributed by atoms with van der Waals surface area (Å²) in [7, 11) is 0. The fourth-order valence-electron chi connectivity index (χ4n) is 2.61. The maximum atomic E-state index is 13.5. The molecule has 0 atom stereocenters. The van der Waals surface area contributed by atoms with E-state index in [9.17, 15) is 9.18 Å². The van der Waals surface area contributed by atoms with Crippen LogP contribution in [0.2, 0.25) is 0 Å². The summed E-state index contributed by atoms with van der Waals surface area (Å²) in [4.78, 5) is 15.0. The predicted octanol–water partition coefficient (Wildman–Crippen LogP) is 4.13. The molecule has 0 unspecified atom stereocenters. The third kappa shape index (κ3) is 3.24. The van der Waals surface area contributed by atoms with Gasteiger partial charge in [0.2, 0.25) is 0 Å². The zero-order chi connectivity index (χ0) is 14.7. The molecule has 0 radical (unpaired) electrons. The second-order valence-electron chi connectivity index (χ2n) is 5.14. The van der Waals surface area contributed by atoms with E-state index in [2.05, 4.69) is 10.2 Å². The molecule has 110 valence electrons. The van der Waals surface area contributed by atoms with Crippen LogP contribution in [-0.4, -0.2) is 19.0 Å². The van der Waals surface area contributed by atoms with E-state index in [0.29, 0.717) is 10.6 Å². The van der Waals surface area contributed by atoms with E-state index in [4.69, 9.17) is 0 Å². The van der Waals surface area contributed by atoms with Gasteiger partial charge < -0.3 is 10.2 Å². The van der Waals surface area contributed by atoms with Gasteiger partial charge >= 0.3 is 0 Å². The maximum Gasteiger partial charge on any atom is 0.265 e. The summed E-state index contributed by atoms with van der Waals surface area (Å²) in [5, 5.41) is 4.69. The monoisotopic (exact) mass is 304 g/mol. The van der Waals surface area contributed by atoms with Crippen LogP contribution >= 0.6 is 11.3 Å².